The number of fused-ring (bicyclic) bond motifs is 3. The lowest BCUT2D eigenvalue weighted by Crippen LogP contribution is -2.06. The van der Waals surface area contributed by atoms with Gasteiger partial charge in [-0.2, -0.15) is 0 Å². The monoisotopic (exact) mass is 426 g/mol. The maximum atomic E-state index is 5.08. The molecule has 0 saturated carbocycles. The summed E-state index contributed by atoms with van der Waals surface area (Å²) in [5.74, 6) is 0.675. The van der Waals surface area contributed by atoms with Crippen LogP contribution in [0.3, 0.4) is 0 Å². The summed E-state index contributed by atoms with van der Waals surface area (Å²) in [5, 5.41) is 0. The van der Waals surface area contributed by atoms with E-state index in [2.05, 4.69) is 81.1 Å². The molecular weight excluding hydrogens is 400 g/mol. The molecule has 0 aromatic heterocycles. The van der Waals surface area contributed by atoms with Crippen LogP contribution in [-0.4, -0.2) is 11.5 Å². The van der Waals surface area contributed by atoms with E-state index >= 15 is 0 Å². The van der Waals surface area contributed by atoms with Crippen molar-refractivity contribution in [3.8, 4) is 11.1 Å². The fourth-order valence-electron chi connectivity index (χ4n) is 4.47. The van der Waals surface area contributed by atoms with Crippen molar-refractivity contribution in [3.63, 3.8) is 0 Å². The summed E-state index contributed by atoms with van der Waals surface area (Å²) in [6.45, 7) is 8.39. The molecule has 1 aliphatic carbocycles. The minimum atomic E-state index is 0.675. The average molecular weight is 427 g/mol. The summed E-state index contributed by atoms with van der Waals surface area (Å²) in [6, 6.07) is 33.5. The highest BCUT2D eigenvalue weighted by Gasteiger charge is 2.22. The van der Waals surface area contributed by atoms with E-state index in [0.717, 1.165) is 28.8 Å². The highest BCUT2D eigenvalue weighted by atomic mass is 14.9. The third kappa shape index (κ3) is 4.20. The van der Waals surface area contributed by atoms with Gasteiger partial charge in [-0.15, -0.1) is 0 Å². The minimum Gasteiger partial charge on any atom is -0.233 e. The van der Waals surface area contributed by atoms with Gasteiger partial charge in [-0.3, -0.25) is 0 Å². The lowest BCUT2D eigenvalue weighted by atomic mass is 9.97. The molecule has 1 aliphatic rings. The molecule has 2 nitrogen and oxygen atoms in total. The van der Waals surface area contributed by atoms with E-state index in [-0.39, 0.29) is 0 Å². The van der Waals surface area contributed by atoms with Gasteiger partial charge in [0.2, 0.25) is 0 Å². The van der Waals surface area contributed by atoms with Crippen molar-refractivity contribution in [1.29, 1.82) is 0 Å². The van der Waals surface area contributed by atoms with Gasteiger partial charge in [-0.05, 0) is 54.2 Å². The second-order valence-corrected chi connectivity index (χ2v) is 8.49. The number of amidine groups is 1. The van der Waals surface area contributed by atoms with Gasteiger partial charge in [-0.1, -0.05) is 103 Å². The van der Waals surface area contributed by atoms with E-state index < -0.39 is 0 Å². The van der Waals surface area contributed by atoms with Crippen LogP contribution in [0.1, 0.15) is 40.3 Å². The van der Waals surface area contributed by atoms with Crippen LogP contribution in [0.15, 0.2) is 114 Å². The summed E-state index contributed by atoms with van der Waals surface area (Å²) in [5.41, 5.74) is 11.3. The molecule has 0 N–H and O–H groups in total. The molecule has 4 aromatic rings. The van der Waals surface area contributed by atoms with Crippen LogP contribution in [0.4, 0.5) is 0 Å². The van der Waals surface area contributed by atoms with Gasteiger partial charge in [0.15, 0.2) is 5.84 Å². The fraction of sp³-hybridized carbons (Fsp3) is 0.0968. The standard InChI is InChI=1S/C31H26N2/c1-21-11-9-16-27(19-21)31(32-22(2)24-12-5-4-6-13-24)33-23(3)28-18-10-15-26-20-25-14-7-8-17-29(25)30(26)28/h4-19H,2,20H2,1,3H3. The molecule has 160 valence electrons. The zero-order valence-corrected chi connectivity index (χ0v) is 19.0. The van der Waals surface area contributed by atoms with Gasteiger partial charge in [0.25, 0.3) is 0 Å². The third-order valence-electron chi connectivity index (χ3n) is 6.11. The topological polar surface area (TPSA) is 24.7 Å². The number of hydrogen-bond donors (Lipinski definition) is 0. The van der Waals surface area contributed by atoms with Gasteiger partial charge < -0.3 is 0 Å². The number of aryl methyl sites for hydroxylation is 1. The van der Waals surface area contributed by atoms with Crippen LogP contribution in [0.25, 0.3) is 16.8 Å². The molecule has 0 spiro atoms. The quantitative estimate of drug-likeness (QED) is 0.210. The Labute approximate surface area is 195 Å². The van der Waals surface area contributed by atoms with Crippen molar-refractivity contribution in [1.82, 2.24) is 0 Å². The molecule has 0 aliphatic heterocycles. The number of benzene rings is 4. The summed E-state index contributed by atoms with van der Waals surface area (Å²) < 4.78 is 0. The molecular formula is C31H26N2. The van der Waals surface area contributed by atoms with Crippen LogP contribution in [-0.2, 0) is 6.42 Å². The van der Waals surface area contributed by atoms with Crippen LogP contribution in [0.2, 0.25) is 0 Å². The third-order valence-corrected chi connectivity index (χ3v) is 6.11. The summed E-state index contributed by atoms with van der Waals surface area (Å²) >= 11 is 0. The van der Waals surface area contributed by atoms with E-state index in [1.807, 2.05) is 36.4 Å². The van der Waals surface area contributed by atoms with Crippen molar-refractivity contribution in [2.24, 2.45) is 9.98 Å². The number of nitrogens with zero attached hydrogens (tertiary/aromatic N) is 2. The second-order valence-electron chi connectivity index (χ2n) is 8.49. The normalized spacial score (nSPS) is 12.9. The highest BCUT2D eigenvalue weighted by Crippen LogP contribution is 2.39. The molecule has 2 heteroatoms. The van der Waals surface area contributed by atoms with Gasteiger partial charge in [0.1, 0.15) is 0 Å². The van der Waals surface area contributed by atoms with E-state index in [9.17, 15) is 0 Å². The Morgan fingerprint density at radius 3 is 2.24 bits per heavy atom. The molecule has 33 heavy (non-hydrogen) atoms. The van der Waals surface area contributed by atoms with Gasteiger partial charge in [0, 0.05) is 16.8 Å². The Balaban J connectivity index is 1.62. The minimum absolute atomic E-state index is 0.675. The first-order valence-electron chi connectivity index (χ1n) is 11.3. The van der Waals surface area contributed by atoms with E-state index in [1.54, 1.807) is 0 Å². The van der Waals surface area contributed by atoms with Crippen molar-refractivity contribution in [3.05, 3.63) is 137 Å². The molecule has 0 saturated heterocycles. The van der Waals surface area contributed by atoms with E-state index in [0.29, 0.717) is 11.5 Å². The molecule has 0 bridgehead atoms. The molecule has 0 heterocycles. The Morgan fingerprint density at radius 2 is 1.42 bits per heavy atom. The fourth-order valence-corrected chi connectivity index (χ4v) is 4.47. The molecule has 0 amide bonds. The van der Waals surface area contributed by atoms with Gasteiger partial charge >= 0.3 is 0 Å². The SMILES string of the molecule is C=C(N=C(N=C(C)c1cccc2c1-c1ccccc1C2)c1cccc(C)c1)c1ccccc1. The summed E-state index contributed by atoms with van der Waals surface area (Å²) in [4.78, 5) is 9.98. The Bertz CT molecular complexity index is 1410. The summed E-state index contributed by atoms with van der Waals surface area (Å²) in [6.07, 6.45) is 0.969. The molecule has 5 rings (SSSR count). The second kappa shape index (κ2) is 8.84. The van der Waals surface area contributed by atoms with Gasteiger partial charge in [-0.25, -0.2) is 9.98 Å². The lowest BCUT2D eigenvalue weighted by Gasteiger charge is -2.11. The Hall–Kier alpha value is -4.04. The van der Waals surface area contributed by atoms with Crippen molar-refractivity contribution >= 4 is 17.2 Å². The maximum Gasteiger partial charge on any atom is 0.160 e. The van der Waals surface area contributed by atoms with Crippen molar-refractivity contribution < 1.29 is 0 Å². The molecule has 0 fully saturated rings. The Kier molecular flexibility index (Phi) is 5.58. The Morgan fingerprint density at radius 1 is 0.727 bits per heavy atom. The van der Waals surface area contributed by atoms with Crippen LogP contribution < -0.4 is 0 Å². The smallest absolute Gasteiger partial charge is 0.160 e. The molecule has 0 atom stereocenters. The number of rotatable bonds is 4. The van der Waals surface area contributed by atoms with E-state index in [1.165, 1.54) is 27.8 Å². The van der Waals surface area contributed by atoms with E-state index in [4.69, 9.17) is 9.98 Å². The average Bonchev–Trinajstić information content (AvgIpc) is 3.23. The molecule has 0 radical (unpaired) electrons. The van der Waals surface area contributed by atoms with Crippen molar-refractivity contribution in [2.45, 2.75) is 20.3 Å². The number of aliphatic imine (C=N–C) groups is 2. The first-order valence-corrected chi connectivity index (χ1v) is 11.3. The zero-order valence-electron chi connectivity index (χ0n) is 19.0. The molecule has 0 unspecified atom stereocenters. The predicted octanol–water partition coefficient (Wildman–Crippen LogP) is 7.49. The largest absolute Gasteiger partial charge is 0.233 e. The number of hydrogen-bond acceptors (Lipinski definition) is 1. The maximum absolute atomic E-state index is 5.08. The first kappa shape index (κ1) is 20.8. The predicted molar refractivity (Wildman–Crippen MR) is 140 cm³/mol. The van der Waals surface area contributed by atoms with Crippen molar-refractivity contribution in [2.75, 3.05) is 0 Å². The first-order chi connectivity index (χ1) is 16.1. The van der Waals surface area contributed by atoms with Gasteiger partial charge in [0.05, 0.1) is 5.70 Å². The lowest BCUT2D eigenvalue weighted by molar-refractivity contribution is 1.26. The molecule has 4 aromatic carbocycles. The summed E-state index contributed by atoms with van der Waals surface area (Å²) in [7, 11) is 0. The highest BCUT2D eigenvalue weighted by molar-refractivity contribution is 6.15. The van der Waals surface area contributed by atoms with Crippen LogP contribution >= 0.6 is 0 Å². The zero-order chi connectivity index (χ0) is 22.8. The van der Waals surface area contributed by atoms with Crippen LogP contribution in [0.5, 0.6) is 0 Å². The van der Waals surface area contributed by atoms with Crippen LogP contribution in [0, 0.1) is 6.92 Å².